The number of nitrogens with zero attached hydrogens (tertiary/aromatic N) is 2. The third kappa shape index (κ3) is 3.85. The van der Waals surface area contributed by atoms with Gasteiger partial charge in [0.15, 0.2) is 0 Å². The summed E-state index contributed by atoms with van der Waals surface area (Å²) in [6.45, 7) is 5.83. The monoisotopic (exact) mass is 354 g/mol. The van der Waals surface area contributed by atoms with Gasteiger partial charge in [-0.05, 0) is 56.9 Å². The number of hydrogen-bond acceptors (Lipinski definition) is 4. The van der Waals surface area contributed by atoms with Crippen molar-refractivity contribution in [2.24, 2.45) is 0 Å². The van der Waals surface area contributed by atoms with E-state index in [0.717, 1.165) is 11.3 Å². The molecule has 1 heterocycles. The quantitative estimate of drug-likeness (QED) is 0.327. The molecule has 3 rings (SSSR count). The lowest BCUT2D eigenvalue weighted by molar-refractivity contribution is -0.385. The van der Waals surface area contributed by atoms with Crippen LogP contribution in [0, 0.1) is 24.0 Å². The fourth-order valence-electron chi connectivity index (χ4n) is 3.20. The molecule has 1 aliphatic carbocycles. The predicted molar refractivity (Wildman–Crippen MR) is 98.8 cm³/mol. The van der Waals surface area contributed by atoms with Gasteiger partial charge in [0.1, 0.15) is 6.10 Å². The lowest BCUT2D eigenvalue weighted by Gasteiger charge is -2.12. The SMILES string of the molecule is Cc1cc(/C=C/C(=O)O[C@H](C)c2cccc([N+](=O)[O-])c2)c(C)n1C1CC1. The summed E-state index contributed by atoms with van der Waals surface area (Å²) in [5.74, 6) is -0.472. The molecule has 1 aliphatic rings. The van der Waals surface area contributed by atoms with E-state index >= 15 is 0 Å². The van der Waals surface area contributed by atoms with Crippen molar-refractivity contribution in [3.8, 4) is 0 Å². The van der Waals surface area contributed by atoms with Crippen LogP contribution >= 0.6 is 0 Å². The minimum atomic E-state index is -0.564. The van der Waals surface area contributed by atoms with E-state index in [1.807, 2.05) is 0 Å². The topological polar surface area (TPSA) is 74.4 Å². The zero-order chi connectivity index (χ0) is 18.8. The van der Waals surface area contributed by atoms with E-state index in [4.69, 9.17) is 4.74 Å². The van der Waals surface area contributed by atoms with Crippen LogP contribution in [-0.2, 0) is 9.53 Å². The number of rotatable bonds is 6. The van der Waals surface area contributed by atoms with Gasteiger partial charge in [0, 0.05) is 35.6 Å². The first-order valence-corrected chi connectivity index (χ1v) is 8.68. The number of carbonyl (C=O) groups excluding carboxylic acids is 1. The fourth-order valence-corrected chi connectivity index (χ4v) is 3.20. The third-order valence-electron chi connectivity index (χ3n) is 4.68. The summed E-state index contributed by atoms with van der Waals surface area (Å²) in [7, 11) is 0. The van der Waals surface area contributed by atoms with Crippen LogP contribution in [0.3, 0.4) is 0 Å². The van der Waals surface area contributed by atoms with Crippen LogP contribution in [0.15, 0.2) is 36.4 Å². The first-order valence-electron chi connectivity index (χ1n) is 8.68. The fraction of sp³-hybridized carbons (Fsp3) is 0.350. The zero-order valence-corrected chi connectivity index (χ0v) is 15.1. The number of ether oxygens (including phenoxy) is 1. The van der Waals surface area contributed by atoms with E-state index in [9.17, 15) is 14.9 Å². The highest BCUT2D eigenvalue weighted by molar-refractivity contribution is 5.87. The van der Waals surface area contributed by atoms with Gasteiger partial charge in [-0.2, -0.15) is 0 Å². The smallest absolute Gasteiger partial charge is 0.331 e. The molecule has 6 nitrogen and oxygen atoms in total. The first kappa shape index (κ1) is 17.9. The van der Waals surface area contributed by atoms with E-state index in [0.29, 0.717) is 11.6 Å². The summed E-state index contributed by atoms with van der Waals surface area (Å²) >= 11 is 0. The zero-order valence-electron chi connectivity index (χ0n) is 15.1. The number of benzene rings is 1. The number of aryl methyl sites for hydroxylation is 1. The largest absolute Gasteiger partial charge is 0.455 e. The summed E-state index contributed by atoms with van der Waals surface area (Å²) in [5, 5.41) is 10.9. The summed E-state index contributed by atoms with van der Waals surface area (Å²) in [6, 6.07) is 8.79. The van der Waals surface area contributed by atoms with Crippen LogP contribution in [0.4, 0.5) is 5.69 Å². The van der Waals surface area contributed by atoms with Crippen LogP contribution in [0.1, 0.15) is 54.4 Å². The number of esters is 1. The number of non-ortho nitro benzene ring substituents is 1. The van der Waals surface area contributed by atoms with Gasteiger partial charge in [-0.3, -0.25) is 10.1 Å². The van der Waals surface area contributed by atoms with Crippen molar-refractivity contribution in [3.63, 3.8) is 0 Å². The molecule has 0 spiro atoms. The summed E-state index contributed by atoms with van der Waals surface area (Å²) in [6.07, 6.45) is 5.03. The molecule has 0 unspecified atom stereocenters. The predicted octanol–water partition coefficient (Wildman–Crippen LogP) is 4.67. The summed E-state index contributed by atoms with van der Waals surface area (Å²) < 4.78 is 7.69. The molecule has 1 fully saturated rings. The average Bonchev–Trinajstić information content (AvgIpc) is 3.39. The van der Waals surface area contributed by atoms with E-state index < -0.39 is 17.0 Å². The van der Waals surface area contributed by atoms with Crippen molar-refractivity contribution in [2.75, 3.05) is 0 Å². The van der Waals surface area contributed by atoms with Gasteiger partial charge < -0.3 is 9.30 Å². The summed E-state index contributed by atoms with van der Waals surface area (Å²) in [5.41, 5.74) is 3.93. The van der Waals surface area contributed by atoms with Crippen LogP contribution in [0.25, 0.3) is 6.08 Å². The van der Waals surface area contributed by atoms with Gasteiger partial charge in [-0.25, -0.2) is 4.79 Å². The van der Waals surface area contributed by atoms with Crippen LogP contribution in [0.5, 0.6) is 0 Å². The molecule has 1 aromatic carbocycles. The summed E-state index contributed by atoms with van der Waals surface area (Å²) in [4.78, 5) is 22.5. The lowest BCUT2D eigenvalue weighted by Crippen LogP contribution is -2.06. The van der Waals surface area contributed by atoms with Crippen LogP contribution < -0.4 is 0 Å². The normalized spacial score (nSPS) is 15.2. The molecule has 1 saturated carbocycles. The highest BCUT2D eigenvalue weighted by Crippen LogP contribution is 2.38. The standard InChI is InChI=1S/C20H22N2O4/c1-13-11-16(14(2)21(13)18-8-9-18)7-10-20(23)26-15(3)17-5-4-6-19(12-17)22(24)25/h4-7,10-12,15,18H,8-9H2,1-3H3/b10-7+/t15-/m1/s1. The Morgan fingerprint density at radius 3 is 2.73 bits per heavy atom. The van der Waals surface area contributed by atoms with Gasteiger partial charge >= 0.3 is 5.97 Å². The van der Waals surface area contributed by atoms with Crippen molar-refractivity contribution in [1.82, 2.24) is 4.57 Å². The van der Waals surface area contributed by atoms with Crippen molar-refractivity contribution < 1.29 is 14.5 Å². The number of nitro groups is 1. The lowest BCUT2D eigenvalue weighted by atomic mass is 10.1. The second kappa shape index (κ2) is 7.15. The second-order valence-electron chi connectivity index (χ2n) is 6.69. The molecule has 0 N–H and O–H groups in total. The molecule has 136 valence electrons. The Morgan fingerprint density at radius 2 is 2.08 bits per heavy atom. The Balaban J connectivity index is 1.67. The molecule has 1 aromatic heterocycles. The molecule has 6 heteroatoms. The van der Waals surface area contributed by atoms with Gasteiger partial charge in [-0.1, -0.05) is 12.1 Å². The molecule has 0 saturated heterocycles. The Labute approximate surface area is 152 Å². The molecule has 26 heavy (non-hydrogen) atoms. The second-order valence-corrected chi connectivity index (χ2v) is 6.69. The molecule has 0 bridgehead atoms. The minimum absolute atomic E-state index is 0.0199. The van der Waals surface area contributed by atoms with E-state index in [1.165, 1.54) is 36.7 Å². The minimum Gasteiger partial charge on any atom is -0.455 e. The van der Waals surface area contributed by atoms with Crippen molar-refractivity contribution in [1.29, 1.82) is 0 Å². The third-order valence-corrected chi connectivity index (χ3v) is 4.68. The molecular formula is C20H22N2O4. The maximum absolute atomic E-state index is 12.1. The number of aromatic nitrogens is 1. The van der Waals surface area contributed by atoms with Gasteiger partial charge in [0.05, 0.1) is 4.92 Å². The van der Waals surface area contributed by atoms with Crippen molar-refractivity contribution in [2.45, 2.75) is 45.8 Å². The number of hydrogen-bond donors (Lipinski definition) is 0. The first-order chi connectivity index (χ1) is 12.4. The molecular weight excluding hydrogens is 332 g/mol. The highest BCUT2D eigenvalue weighted by Gasteiger charge is 2.26. The van der Waals surface area contributed by atoms with E-state index in [1.54, 1.807) is 25.1 Å². The Bertz CT molecular complexity index is 878. The van der Waals surface area contributed by atoms with Gasteiger partial charge in [0.2, 0.25) is 0 Å². The van der Waals surface area contributed by atoms with Gasteiger partial charge in [-0.15, -0.1) is 0 Å². The van der Waals surface area contributed by atoms with Gasteiger partial charge in [0.25, 0.3) is 5.69 Å². The van der Waals surface area contributed by atoms with E-state index in [2.05, 4.69) is 24.5 Å². The molecule has 0 aliphatic heterocycles. The number of carbonyl (C=O) groups is 1. The van der Waals surface area contributed by atoms with E-state index in [-0.39, 0.29) is 5.69 Å². The highest BCUT2D eigenvalue weighted by atomic mass is 16.6. The molecule has 2 aromatic rings. The Hall–Kier alpha value is -2.89. The molecule has 0 radical (unpaired) electrons. The Kier molecular flexibility index (Phi) is 4.93. The van der Waals surface area contributed by atoms with Crippen LogP contribution in [-0.4, -0.2) is 15.5 Å². The average molecular weight is 354 g/mol. The molecule has 0 amide bonds. The maximum atomic E-state index is 12.1. The maximum Gasteiger partial charge on any atom is 0.331 e. The molecule has 1 atom stereocenters. The van der Waals surface area contributed by atoms with Crippen molar-refractivity contribution in [3.05, 3.63) is 69.0 Å². The Morgan fingerprint density at radius 1 is 1.35 bits per heavy atom. The van der Waals surface area contributed by atoms with Crippen molar-refractivity contribution >= 4 is 17.7 Å². The number of nitro benzene ring substituents is 1. The van der Waals surface area contributed by atoms with Crippen LogP contribution in [0.2, 0.25) is 0 Å².